The van der Waals surface area contributed by atoms with Gasteiger partial charge in [0, 0.05) is 51.5 Å². The van der Waals surface area contributed by atoms with E-state index in [0.29, 0.717) is 18.4 Å². The lowest BCUT2D eigenvalue weighted by molar-refractivity contribution is -0.136. The molecule has 2 aliphatic rings. The number of piperazine rings is 1. The molecule has 9 nitrogen and oxygen atoms in total. The van der Waals surface area contributed by atoms with Crippen LogP contribution in [0.5, 0.6) is 0 Å². The van der Waals surface area contributed by atoms with Gasteiger partial charge in [-0.3, -0.25) is 14.4 Å². The fourth-order valence-electron chi connectivity index (χ4n) is 4.93. The van der Waals surface area contributed by atoms with E-state index >= 15 is 0 Å². The fraction of sp³-hybridized carbons (Fsp3) is 0.565. The number of hydrogen-bond donors (Lipinski definition) is 0. The highest BCUT2D eigenvalue weighted by atomic mass is 16.2. The van der Waals surface area contributed by atoms with Crippen LogP contribution in [0.15, 0.2) is 30.9 Å². The molecule has 0 aliphatic carbocycles. The summed E-state index contributed by atoms with van der Waals surface area (Å²) in [7, 11) is 1.91. The number of nitrogens with zero attached hydrogens (tertiary/aromatic N) is 8. The Balaban J connectivity index is 1.26. The molecule has 0 bridgehead atoms. The molecule has 9 heteroatoms. The normalized spacial score (nSPS) is 18.8. The van der Waals surface area contributed by atoms with Crippen molar-refractivity contribution >= 4 is 17.2 Å². The SMILES string of the molecule is CCCN1CCN(CC2CCN(c3nc(-c4cnn(C)c4)cn4nccc34)CC2)C(=O)C1. The summed E-state index contributed by atoms with van der Waals surface area (Å²) in [5.41, 5.74) is 2.89. The van der Waals surface area contributed by atoms with Crippen LogP contribution in [0, 0.1) is 5.92 Å². The van der Waals surface area contributed by atoms with Crippen LogP contribution < -0.4 is 4.90 Å². The number of rotatable bonds is 6. The van der Waals surface area contributed by atoms with Gasteiger partial charge >= 0.3 is 0 Å². The summed E-state index contributed by atoms with van der Waals surface area (Å²) in [6.45, 7) is 8.41. The third-order valence-electron chi connectivity index (χ3n) is 6.70. The molecule has 3 aromatic heterocycles. The molecular formula is C23H32N8O. The van der Waals surface area contributed by atoms with Crippen LogP contribution in [0.3, 0.4) is 0 Å². The Morgan fingerprint density at radius 3 is 2.66 bits per heavy atom. The van der Waals surface area contributed by atoms with Gasteiger partial charge in [0.15, 0.2) is 5.82 Å². The Bertz CT molecular complexity index is 1080. The van der Waals surface area contributed by atoms with Crippen LogP contribution >= 0.6 is 0 Å². The quantitative estimate of drug-likeness (QED) is 0.588. The summed E-state index contributed by atoms with van der Waals surface area (Å²) in [5, 5.41) is 8.75. The van der Waals surface area contributed by atoms with Crippen molar-refractivity contribution in [3.63, 3.8) is 0 Å². The van der Waals surface area contributed by atoms with Crippen molar-refractivity contribution in [3.05, 3.63) is 30.9 Å². The molecule has 5 rings (SSSR count). The average Bonchev–Trinajstić information content (AvgIpc) is 3.44. The maximum atomic E-state index is 12.6. The van der Waals surface area contributed by atoms with Crippen LogP contribution in [0.4, 0.5) is 5.82 Å². The first-order valence-corrected chi connectivity index (χ1v) is 11.7. The van der Waals surface area contributed by atoms with Crippen molar-refractivity contribution in [2.45, 2.75) is 26.2 Å². The second kappa shape index (κ2) is 8.90. The zero-order valence-corrected chi connectivity index (χ0v) is 19.0. The van der Waals surface area contributed by atoms with Gasteiger partial charge in [-0.05, 0) is 37.8 Å². The van der Waals surface area contributed by atoms with Gasteiger partial charge in [0.2, 0.25) is 5.91 Å². The predicted octanol–water partition coefficient (Wildman–Crippen LogP) is 1.90. The first-order chi connectivity index (χ1) is 15.6. The number of fused-ring (bicyclic) bond motifs is 1. The molecule has 0 spiro atoms. The molecule has 32 heavy (non-hydrogen) atoms. The van der Waals surface area contributed by atoms with Crippen LogP contribution in [0.2, 0.25) is 0 Å². The van der Waals surface area contributed by atoms with Gasteiger partial charge in [0.05, 0.1) is 30.8 Å². The van der Waals surface area contributed by atoms with E-state index in [1.54, 1.807) is 4.68 Å². The summed E-state index contributed by atoms with van der Waals surface area (Å²) in [4.78, 5) is 24.3. The van der Waals surface area contributed by atoms with Crippen molar-refractivity contribution in [3.8, 4) is 11.3 Å². The topological polar surface area (TPSA) is 74.8 Å². The first-order valence-electron chi connectivity index (χ1n) is 11.7. The molecule has 0 unspecified atom stereocenters. The highest BCUT2D eigenvalue weighted by Crippen LogP contribution is 2.29. The van der Waals surface area contributed by atoms with Gasteiger partial charge < -0.3 is 9.80 Å². The monoisotopic (exact) mass is 436 g/mol. The molecule has 5 heterocycles. The fourth-order valence-corrected chi connectivity index (χ4v) is 4.93. The van der Waals surface area contributed by atoms with Crippen molar-refractivity contribution in [1.29, 1.82) is 0 Å². The summed E-state index contributed by atoms with van der Waals surface area (Å²) in [6.07, 6.45) is 10.8. The standard InChI is InChI=1S/C23H32N8O/c1-3-8-28-11-12-30(22(32)17-28)14-18-5-9-29(10-6-18)23-21-4-7-24-31(21)16-20(26-23)19-13-25-27(2)15-19/h4,7,13,15-16,18H,3,5-6,8-12,14,17H2,1-2H3. The third-order valence-corrected chi connectivity index (χ3v) is 6.70. The van der Waals surface area contributed by atoms with Crippen LogP contribution in [0.1, 0.15) is 26.2 Å². The van der Waals surface area contributed by atoms with E-state index in [1.165, 1.54) is 0 Å². The molecule has 2 aliphatic heterocycles. The number of carbonyl (C=O) groups excluding carboxylic acids is 1. The minimum absolute atomic E-state index is 0.291. The molecule has 0 saturated carbocycles. The summed E-state index contributed by atoms with van der Waals surface area (Å²) < 4.78 is 3.70. The smallest absolute Gasteiger partial charge is 0.236 e. The maximum absolute atomic E-state index is 12.6. The van der Waals surface area contributed by atoms with E-state index in [-0.39, 0.29) is 0 Å². The van der Waals surface area contributed by atoms with Crippen LogP contribution in [-0.4, -0.2) is 85.9 Å². The lowest BCUT2D eigenvalue weighted by atomic mass is 9.95. The number of piperidine rings is 1. The van der Waals surface area contributed by atoms with Gasteiger partial charge in [0.1, 0.15) is 5.52 Å². The number of amides is 1. The van der Waals surface area contributed by atoms with Crippen molar-refractivity contribution < 1.29 is 4.79 Å². The van der Waals surface area contributed by atoms with Gasteiger partial charge in [-0.15, -0.1) is 0 Å². The largest absolute Gasteiger partial charge is 0.355 e. The minimum atomic E-state index is 0.291. The van der Waals surface area contributed by atoms with E-state index in [1.807, 2.05) is 42.4 Å². The second-order valence-electron chi connectivity index (χ2n) is 9.06. The average molecular weight is 437 g/mol. The lowest BCUT2D eigenvalue weighted by Gasteiger charge is -2.39. The van der Waals surface area contributed by atoms with E-state index in [0.717, 1.165) is 81.1 Å². The van der Waals surface area contributed by atoms with Crippen molar-refractivity contribution in [2.24, 2.45) is 13.0 Å². The maximum Gasteiger partial charge on any atom is 0.236 e. The number of anilines is 1. The molecule has 0 aromatic carbocycles. The predicted molar refractivity (Wildman–Crippen MR) is 123 cm³/mol. The number of aryl methyl sites for hydroxylation is 1. The minimum Gasteiger partial charge on any atom is -0.355 e. The Morgan fingerprint density at radius 1 is 1.09 bits per heavy atom. The zero-order valence-electron chi connectivity index (χ0n) is 19.0. The van der Waals surface area contributed by atoms with Gasteiger partial charge in [0.25, 0.3) is 0 Å². The summed E-state index contributed by atoms with van der Waals surface area (Å²) in [6, 6.07) is 2.02. The molecule has 0 radical (unpaired) electrons. The van der Waals surface area contributed by atoms with E-state index in [2.05, 4.69) is 31.8 Å². The highest BCUT2D eigenvalue weighted by Gasteiger charge is 2.28. The van der Waals surface area contributed by atoms with Gasteiger partial charge in [-0.2, -0.15) is 10.2 Å². The number of aromatic nitrogens is 5. The molecule has 2 saturated heterocycles. The summed E-state index contributed by atoms with van der Waals surface area (Å²) >= 11 is 0. The van der Waals surface area contributed by atoms with Crippen molar-refractivity contribution in [1.82, 2.24) is 34.2 Å². The molecule has 2 fully saturated rings. The molecule has 170 valence electrons. The van der Waals surface area contributed by atoms with Crippen molar-refractivity contribution in [2.75, 3.05) is 50.7 Å². The van der Waals surface area contributed by atoms with E-state index < -0.39 is 0 Å². The molecule has 0 atom stereocenters. The molecular weight excluding hydrogens is 404 g/mol. The lowest BCUT2D eigenvalue weighted by Crippen LogP contribution is -2.52. The van der Waals surface area contributed by atoms with E-state index in [4.69, 9.17) is 4.98 Å². The third kappa shape index (κ3) is 4.21. The number of carbonyl (C=O) groups is 1. The molecule has 1 amide bonds. The van der Waals surface area contributed by atoms with Crippen LogP contribution in [-0.2, 0) is 11.8 Å². The first kappa shape index (κ1) is 20.9. The number of hydrogen-bond acceptors (Lipinski definition) is 6. The van der Waals surface area contributed by atoms with Gasteiger partial charge in [-0.25, -0.2) is 9.50 Å². The molecule has 0 N–H and O–H groups in total. The Labute approximate surface area is 188 Å². The summed E-state index contributed by atoms with van der Waals surface area (Å²) in [5.74, 6) is 1.82. The molecule has 3 aromatic rings. The van der Waals surface area contributed by atoms with Crippen LogP contribution in [0.25, 0.3) is 16.8 Å². The van der Waals surface area contributed by atoms with E-state index in [9.17, 15) is 4.79 Å². The zero-order chi connectivity index (χ0) is 22.1. The second-order valence-corrected chi connectivity index (χ2v) is 9.06. The highest BCUT2D eigenvalue weighted by molar-refractivity contribution is 5.79. The Morgan fingerprint density at radius 2 is 1.94 bits per heavy atom. The Hall–Kier alpha value is -2.94. The Kier molecular flexibility index (Phi) is 5.82. The van der Waals surface area contributed by atoms with Gasteiger partial charge in [-0.1, -0.05) is 6.92 Å².